The van der Waals surface area contributed by atoms with E-state index in [1.807, 2.05) is 0 Å². The van der Waals surface area contributed by atoms with Crippen molar-refractivity contribution in [2.45, 2.75) is 45.3 Å². The summed E-state index contributed by atoms with van der Waals surface area (Å²) < 4.78 is 5.61. The van der Waals surface area contributed by atoms with Crippen molar-refractivity contribution >= 4 is 24.1 Å². The lowest BCUT2D eigenvalue weighted by Crippen LogP contribution is -2.16. The molecule has 0 saturated heterocycles. The summed E-state index contributed by atoms with van der Waals surface area (Å²) in [5, 5.41) is 3.37. The van der Waals surface area contributed by atoms with Crippen LogP contribution in [-0.2, 0) is 3.63 Å². The second-order valence-corrected chi connectivity index (χ2v) is 6.77. The summed E-state index contributed by atoms with van der Waals surface area (Å²) in [5.74, 6) is 1.07. The Morgan fingerprint density at radius 1 is 1.21 bits per heavy atom. The van der Waals surface area contributed by atoms with Crippen molar-refractivity contribution < 1.29 is 3.63 Å². The van der Waals surface area contributed by atoms with Gasteiger partial charge >= 0.3 is 0 Å². The van der Waals surface area contributed by atoms with Gasteiger partial charge in [-0.25, -0.2) is 3.63 Å². The Kier molecular flexibility index (Phi) is 9.28. The lowest BCUT2D eigenvalue weighted by molar-refractivity contribution is 0.655. The van der Waals surface area contributed by atoms with Crippen LogP contribution in [0.15, 0.2) is 0 Å². The average Bonchev–Trinajstić information content (AvgIpc) is 2.08. The summed E-state index contributed by atoms with van der Waals surface area (Å²) in [6.07, 6.45) is 2.39. The molecule has 0 aromatic rings. The highest BCUT2D eigenvalue weighted by atomic mass is 32.2. The summed E-state index contributed by atoms with van der Waals surface area (Å²) in [5.41, 5.74) is 0. The standard InChI is InChI=1S/C10H23NOS2/c1-5-7-11-8-6-9-13-12-14-10(2,3)4/h11H,5-9H2,1-4H3. The van der Waals surface area contributed by atoms with Crippen LogP contribution in [0.3, 0.4) is 0 Å². The van der Waals surface area contributed by atoms with Crippen LogP contribution in [0.2, 0.25) is 0 Å². The third-order valence-electron chi connectivity index (χ3n) is 1.34. The monoisotopic (exact) mass is 237 g/mol. The second kappa shape index (κ2) is 8.89. The molecule has 0 aromatic carbocycles. The van der Waals surface area contributed by atoms with Crippen LogP contribution < -0.4 is 5.32 Å². The number of hydrogen-bond donors (Lipinski definition) is 1. The fraction of sp³-hybridized carbons (Fsp3) is 1.00. The van der Waals surface area contributed by atoms with Crippen molar-refractivity contribution in [3.63, 3.8) is 0 Å². The lowest BCUT2D eigenvalue weighted by atomic mass is 10.3. The molecule has 0 amide bonds. The van der Waals surface area contributed by atoms with Crippen LogP contribution >= 0.6 is 24.1 Å². The zero-order valence-corrected chi connectivity index (χ0v) is 11.4. The summed E-state index contributed by atoms with van der Waals surface area (Å²) in [6, 6.07) is 0. The smallest absolute Gasteiger partial charge is 0.0351 e. The molecule has 2 nitrogen and oxygen atoms in total. The van der Waals surface area contributed by atoms with Crippen LogP contribution in [0, 0.1) is 0 Å². The Morgan fingerprint density at radius 2 is 1.93 bits per heavy atom. The van der Waals surface area contributed by atoms with Crippen LogP contribution in [0.1, 0.15) is 40.5 Å². The van der Waals surface area contributed by atoms with Gasteiger partial charge in [-0.15, -0.1) is 0 Å². The molecule has 4 heteroatoms. The van der Waals surface area contributed by atoms with E-state index in [-0.39, 0.29) is 4.75 Å². The highest BCUT2D eigenvalue weighted by Gasteiger charge is 2.11. The maximum atomic E-state index is 5.41. The molecule has 0 aliphatic heterocycles. The molecule has 0 bridgehead atoms. The first-order valence-corrected chi connectivity index (χ1v) is 6.89. The molecule has 0 rings (SSSR count). The fourth-order valence-electron chi connectivity index (χ4n) is 0.718. The van der Waals surface area contributed by atoms with Crippen molar-refractivity contribution in [1.29, 1.82) is 0 Å². The van der Waals surface area contributed by atoms with Crippen molar-refractivity contribution in [1.82, 2.24) is 5.32 Å². The minimum atomic E-state index is 0.202. The van der Waals surface area contributed by atoms with Gasteiger partial charge in [-0.1, -0.05) is 6.92 Å². The van der Waals surface area contributed by atoms with Gasteiger partial charge in [0.15, 0.2) is 0 Å². The van der Waals surface area contributed by atoms with Gasteiger partial charge in [-0.05, 0) is 46.7 Å². The van der Waals surface area contributed by atoms with E-state index in [1.165, 1.54) is 12.8 Å². The topological polar surface area (TPSA) is 21.3 Å². The molecule has 0 unspecified atom stereocenters. The molecule has 0 radical (unpaired) electrons. The van der Waals surface area contributed by atoms with E-state index in [4.69, 9.17) is 3.63 Å². The largest absolute Gasteiger partial charge is 0.317 e. The molecule has 14 heavy (non-hydrogen) atoms. The average molecular weight is 237 g/mol. The van der Waals surface area contributed by atoms with E-state index in [1.54, 1.807) is 24.1 Å². The Morgan fingerprint density at radius 3 is 2.50 bits per heavy atom. The van der Waals surface area contributed by atoms with Crippen LogP contribution in [0.5, 0.6) is 0 Å². The van der Waals surface area contributed by atoms with Gasteiger partial charge in [0, 0.05) is 34.6 Å². The van der Waals surface area contributed by atoms with Crippen LogP contribution in [0.25, 0.3) is 0 Å². The first-order chi connectivity index (χ1) is 6.56. The Balaban J connectivity index is 2.99. The van der Waals surface area contributed by atoms with Gasteiger partial charge in [-0.2, -0.15) is 0 Å². The van der Waals surface area contributed by atoms with Gasteiger partial charge < -0.3 is 5.32 Å². The van der Waals surface area contributed by atoms with Crippen molar-refractivity contribution in [2.24, 2.45) is 0 Å². The summed E-state index contributed by atoms with van der Waals surface area (Å²) in [4.78, 5) is 0. The summed E-state index contributed by atoms with van der Waals surface area (Å²) in [6.45, 7) is 10.9. The zero-order chi connectivity index (χ0) is 10.9. The predicted molar refractivity (Wildman–Crippen MR) is 68.7 cm³/mol. The lowest BCUT2D eigenvalue weighted by Gasteiger charge is -2.14. The highest BCUT2D eigenvalue weighted by Crippen LogP contribution is 2.28. The molecule has 0 aliphatic carbocycles. The third-order valence-corrected chi connectivity index (χ3v) is 2.95. The van der Waals surface area contributed by atoms with Crippen LogP contribution in [0.4, 0.5) is 0 Å². The van der Waals surface area contributed by atoms with E-state index < -0.39 is 0 Å². The Labute approximate surface area is 97.4 Å². The molecule has 0 saturated carbocycles. The molecule has 86 valence electrons. The van der Waals surface area contributed by atoms with Gasteiger partial charge in [0.2, 0.25) is 0 Å². The highest BCUT2D eigenvalue weighted by molar-refractivity contribution is 8.08. The minimum Gasteiger partial charge on any atom is -0.317 e. The van der Waals surface area contributed by atoms with Gasteiger partial charge in [-0.3, -0.25) is 0 Å². The minimum absolute atomic E-state index is 0.202. The Hall–Kier alpha value is 0.620. The zero-order valence-electron chi connectivity index (χ0n) is 9.76. The number of rotatable bonds is 8. The molecule has 1 N–H and O–H groups in total. The first kappa shape index (κ1) is 14.6. The van der Waals surface area contributed by atoms with E-state index in [2.05, 4.69) is 33.0 Å². The molecule has 0 atom stereocenters. The molecule has 0 spiro atoms. The van der Waals surface area contributed by atoms with E-state index in [0.29, 0.717) is 0 Å². The van der Waals surface area contributed by atoms with Crippen molar-refractivity contribution in [2.75, 3.05) is 18.8 Å². The maximum Gasteiger partial charge on any atom is 0.0351 e. The normalized spacial score (nSPS) is 12.0. The van der Waals surface area contributed by atoms with Crippen LogP contribution in [-0.4, -0.2) is 23.6 Å². The number of nitrogens with one attached hydrogen (secondary N) is 1. The second-order valence-electron chi connectivity index (χ2n) is 4.19. The van der Waals surface area contributed by atoms with Gasteiger partial charge in [0.1, 0.15) is 0 Å². The summed E-state index contributed by atoms with van der Waals surface area (Å²) >= 11 is 3.11. The molecular formula is C10H23NOS2. The molecule has 0 heterocycles. The van der Waals surface area contributed by atoms with E-state index >= 15 is 0 Å². The molecule has 0 aliphatic rings. The van der Waals surface area contributed by atoms with Gasteiger partial charge in [0.25, 0.3) is 0 Å². The summed E-state index contributed by atoms with van der Waals surface area (Å²) in [7, 11) is 0. The van der Waals surface area contributed by atoms with Gasteiger partial charge in [0.05, 0.1) is 0 Å². The van der Waals surface area contributed by atoms with E-state index in [9.17, 15) is 0 Å². The third kappa shape index (κ3) is 12.6. The number of hydrogen-bond acceptors (Lipinski definition) is 4. The molecular weight excluding hydrogens is 214 g/mol. The quantitative estimate of drug-likeness (QED) is 0.515. The fourth-order valence-corrected chi connectivity index (χ4v) is 2.26. The van der Waals surface area contributed by atoms with Crippen molar-refractivity contribution in [3.8, 4) is 0 Å². The van der Waals surface area contributed by atoms with E-state index in [0.717, 1.165) is 18.8 Å². The molecule has 0 fully saturated rings. The maximum absolute atomic E-state index is 5.41. The SMILES string of the molecule is CCCNCCCSOSC(C)(C)C. The first-order valence-electron chi connectivity index (χ1n) is 5.24. The molecule has 0 aromatic heterocycles. The predicted octanol–water partition coefficient (Wildman–Crippen LogP) is 3.49. The van der Waals surface area contributed by atoms with Crippen molar-refractivity contribution in [3.05, 3.63) is 0 Å². The Bertz CT molecular complexity index is 126.